The Hall–Kier alpha value is -2.99. The topological polar surface area (TPSA) is 114 Å². The van der Waals surface area contributed by atoms with Gasteiger partial charge in [-0.05, 0) is 66.1 Å². The van der Waals surface area contributed by atoms with Crippen LogP contribution < -0.4 is 20.7 Å². The van der Waals surface area contributed by atoms with Crippen LogP contribution in [0.3, 0.4) is 0 Å². The second kappa shape index (κ2) is 11.4. The van der Waals surface area contributed by atoms with Crippen LogP contribution in [0.1, 0.15) is 30.9 Å². The molecule has 0 amide bonds. The minimum Gasteiger partial charge on any atom is -0.480 e. The van der Waals surface area contributed by atoms with Crippen LogP contribution in [-0.2, 0) is 4.79 Å². The summed E-state index contributed by atoms with van der Waals surface area (Å²) in [7, 11) is 0. The first-order chi connectivity index (χ1) is 19.3. The van der Waals surface area contributed by atoms with Crippen molar-refractivity contribution in [2.75, 3.05) is 30.3 Å². The molecule has 2 aliphatic heterocycles. The summed E-state index contributed by atoms with van der Waals surface area (Å²) in [5.41, 5.74) is 5.98. The molecule has 4 N–H and O–H groups in total. The third-order valence-corrected chi connectivity index (χ3v) is 8.19. The molecule has 1 spiro atoms. The molecule has 41 heavy (non-hydrogen) atoms. The van der Waals surface area contributed by atoms with Gasteiger partial charge in [-0.1, -0.05) is 40.9 Å². The lowest BCUT2D eigenvalue weighted by Gasteiger charge is -2.39. The van der Waals surface area contributed by atoms with E-state index in [2.05, 4.69) is 15.3 Å². The van der Waals surface area contributed by atoms with Crippen LogP contribution in [0.25, 0.3) is 11.1 Å². The summed E-state index contributed by atoms with van der Waals surface area (Å²) in [5.74, 6) is -1.16. The maximum absolute atomic E-state index is 14.5. The molecule has 3 heterocycles. The summed E-state index contributed by atoms with van der Waals surface area (Å²) in [6, 6.07) is 9.14. The lowest BCUT2D eigenvalue weighted by Crippen LogP contribution is -2.41. The number of ether oxygens (including phenoxy) is 1. The molecular weight excluding hydrogens is 606 g/mol. The van der Waals surface area contributed by atoms with Crippen LogP contribution in [-0.4, -0.2) is 52.9 Å². The number of halogens is 6. The number of carboxylic acid groups (broad SMARTS) is 1. The lowest BCUT2D eigenvalue weighted by atomic mass is 9.76. The summed E-state index contributed by atoms with van der Waals surface area (Å²) < 4.78 is 49.1. The Bertz CT molecular complexity index is 1450. The summed E-state index contributed by atoms with van der Waals surface area (Å²) in [6.45, 7) is 1.62. The Balaban J connectivity index is 1.43. The van der Waals surface area contributed by atoms with Crippen molar-refractivity contribution in [2.45, 2.75) is 37.6 Å². The molecule has 1 aromatic heterocycles. The number of nitrogens with zero attached hydrogens (tertiary/aromatic N) is 3. The lowest BCUT2D eigenvalue weighted by molar-refractivity contribution is -0.198. The van der Waals surface area contributed by atoms with E-state index in [1.54, 1.807) is 0 Å². The number of nitrogen functional groups attached to an aromatic ring is 1. The quantitative estimate of drug-likeness (QED) is 0.287. The predicted molar refractivity (Wildman–Crippen MR) is 151 cm³/mol. The van der Waals surface area contributed by atoms with E-state index >= 15 is 0 Å². The van der Waals surface area contributed by atoms with Crippen LogP contribution >= 0.6 is 34.8 Å². The standard InChI is InChI=1S/C27H25Cl3F3N5O3/c28-15-1-2-18(19(10-15)14-7-16(29)9-17(30)8-14)23(27(31,32)33)41-22-11-21(36-25(34)37-22)38-5-3-26(4-6-38)12-20(24(39)40)35-13-26/h1-2,7-11,20,23,35H,3-6,12-13H2,(H,39,40)(H2,34,36,37)/t20-,23+/m0/s1. The van der Waals surface area contributed by atoms with Gasteiger partial charge in [0.25, 0.3) is 0 Å². The van der Waals surface area contributed by atoms with Crippen molar-refractivity contribution in [3.63, 3.8) is 0 Å². The number of carbonyl (C=O) groups is 1. The van der Waals surface area contributed by atoms with Gasteiger partial charge in [-0.2, -0.15) is 23.1 Å². The summed E-state index contributed by atoms with van der Waals surface area (Å²) in [5, 5.41) is 13.1. The molecule has 0 aliphatic carbocycles. The SMILES string of the molecule is Nc1nc(O[C@H](c2ccc(Cl)cc2-c2cc(Cl)cc(Cl)c2)C(F)(F)F)cc(N2CCC3(CC2)CN[C@H](C(=O)O)C3)n1. The number of hydrogen-bond acceptors (Lipinski definition) is 7. The van der Waals surface area contributed by atoms with Crippen molar-refractivity contribution in [1.29, 1.82) is 0 Å². The van der Waals surface area contributed by atoms with Gasteiger partial charge in [0.2, 0.25) is 17.9 Å². The second-order valence-corrected chi connectivity index (χ2v) is 11.6. The van der Waals surface area contributed by atoms with Crippen molar-refractivity contribution in [1.82, 2.24) is 15.3 Å². The van der Waals surface area contributed by atoms with E-state index in [4.69, 9.17) is 45.3 Å². The second-order valence-electron chi connectivity index (χ2n) is 10.3. The first-order valence-corrected chi connectivity index (χ1v) is 13.8. The molecule has 2 aliphatic rings. The molecule has 14 heteroatoms. The smallest absolute Gasteiger partial charge is 0.429 e. The number of nitrogens with two attached hydrogens (primary N) is 1. The van der Waals surface area contributed by atoms with E-state index in [1.165, 1.54) is 42.5 Å². The molecule has 0 unspecified atom stereocenters. The number of hydrogen-bond donors (Lipinski definition) is 3. The first kappa shape index (κ1) is 29.5. The number of aromatic nitrogens is 2. The van der Waals surface area contributed by atoms with Gasteiger partial charge in [0.15, 0.2) is 0 Å². The number of nitrogens with one attached hydrogen (secondary N) is 1. The zero-order valence-corrected chi connectivity index (χ0v) is 23.7. The number of alkyl halides is 3. The Morgan fingerprint density at radius 2 is 1.76 bits per heavy atom. The van der Waals surface area contributed by atoms with Crippen molar-refractivity contribution in [2.24, 2.45) is 5.41 Å². The molecule has 3 aromatic rings. The van der Waals surface area contributed by atoms with Gasteiger partial charge in [0.05, 0.1) is 0 Å². The van der Waals surface area contributed by atoms with Crippen molar-refractivity contribution >= 4 is 52.5 Å². The van der Waals surface area contributed by atoms with Crippen LogP contribution in [0.2, 0.25) is 15.1 Å². The van der Waals surface area contributed by atoms with Crippen LogP contribution in [0, 0.1) is 5.41 Å². The average molecular weight is 631 g/mol. The van der Waals surface area contributed by atoms with E-state index < -0.39 is 24.3 Å². The highest BCUT2D eigenvalue weighted by molar-refractivity contribution is 6.35. The molecule has 5 rings (SSSR count). The highest BCUT2D eigenvalue weighted by atomic mass is 35.5. The highest BCUT2D eigenvalue weighted by Crippen LogP contribution is 2.44. The average Bonchev–Trinajstić information content (AvgIpc) is 3.30. The number of carboxylic acids is 1. The molecule has 2 fully saturated rings. The van der Waals surface area contributed by atoms with Crippen LogP contribution in [0.5, 0.6) is 5.88 Å². The molecule has 2 atom stereocenters. The monoisotopic (exact) mass is 629 g/mol. The van der Waals surface area contributed by atoms with Crippen LogP contribution in [0.15, 0.2) is 42.5 Å². The van der Waals surface area contributed by atoms with Gasteiger partial charge in [0.1, 0.15) is 11.9 Å². The van der Waals surface area contributed by atoms with E-state index in [-0.39, 0.29) is 43.4 Å². The molecular formula is C27H25Cl3F3N5O3. The van der Waals surface area contributed by atoms with Gasteiger partial charge >= 0.3 is 12.1 Å². The molecule has 0 bridgehead atoms. The fourth-order valence-electron chi connectivity index (χ4n) is 5.48. The fraction of sp³-hybridized carbons (Fsp3) is 0.370. The van der Waals surface area contributed by atoms with Gasteiger partial charge < -0.3 is 25.8 Å². The number of anilines is 2. The van der Waals surface area contributed by atoms with Gasteiger partial charge in [-0.25, -0.2) is 0 Å². The number of piperidine rings is 1. The molecule has 218 valence electrons. The van der Waals surface area contributed by atoms with Crippen molar-refractivity contribution < 1.29 is 27.8 Å². The highest BCUT2D eigenvalue weighted by Gasteiger charge is 2.46. The summed E-state index contributed by atoms with van der Waals surface area (Å²) in [4.78, 5) is 21.4. The van der Waals surface area contributed by atoms with Crippen LogP contribution in [0.4, 0.5) is 24.9 Å². The number of benzene rings is 2. The maximum Gasteiger partial charge on any atom is 0.429 e. The zero-order chi connectivity index (χ0) is 29.5. The first-order valence-electron chi connectivity index (χ1n) is 12.7. The number of rotatable bonds is 6. The summed E-state index contributed by atoms with van der Waals surface area (Å²) in [6.07, 6.45) is -5.39. The molecule has 0 radical (unpaired) electrons. The normalized spacial score (nSPS) is 19.4. The summed E-state index contributed by atoms with van der Waals surface area (Å²) >= 11 is 18.4. The van der Waals surface area contributed by atoms with Crippen molar-refractivity contribution in [3.05, 3.63) is 63.1 Å². The molecule has 0 saturated carbocycles. The van der Waals surface area contributed by atoms with E-state index in [0.717, 1.165) is 0 Å². The molecule has 8 nitrogen and oxygen atoms in total. The Morgan fingerprint density at radius 3 is 2.37 bits per heavy atom. The predicted octanol–water partition coefficient (Wildman–Crippen LogP) is 6.40. The maximum atomic E-state index is 14.5. The van der Waals surface area contributed by atoms with Gasteiger partial charge in [-0.3, -0.25) is 4.79 Å². The Kier molecular flexibility index (Phi) is 8.17. The third-order valence-electron chi connectivity index (χ3n) is 7.52. The van der Waals surface area contributed by atoms with E-state index in [0.29, 0.717) is 50.3 Å². The fourth-order valence-corrected chi connectivity index (χ4v) is 6.18. The minimum atomic E-state index is -4.85. The van der Waals surface area contributed by atoms with Gasteiger partial charge in [-0.15, -0.1) is 0 Å². The van der Waals surface area contributed by atoms with E-state index in [9.17, 15) is 23.1 Å². The Morgan fingerprint density at radius 1 is 1.07 bits per heavy atom. The zero-order valence-electron chi connectivity index (χ0n) is 21.4. The third kappa shape index (κ3) is 6.58. The largest absolute Gasteiger partial charge is 0.480 e. The molecule has 2 aromatic carbocycles. The minimum absolute atomic E-state index is 0.137. The number of aliphatic carboxylic acids is 1. The van der Waals surface area contributed by atoms with Gasteiger partial charge in [0, 0.05) is 46.3 Å². The Labute approximate surface area is 248 Å². The van der Waals surface area contributed by atoms with E-state index in [1.807, 2.05) is 4.90 Å². The van der Waals surface area contributed by atoms with Crippen molar-refractivity contribution in [3.8, 4) is 17.0 Å². The molecule has 2 saturated heterocycles.